The maximum Gasteiger partial charge on any atom is 0.0414 e. The molecule has 0 saturated heterocycles. The summed E-state index contributed by atoms with van der Waals surface area (Å²) in [5.41, 5.74) is 0. The molecule has 0 aliphatic carbocycles. The summed E-state index contributed by atoms with van der Waals surface area (Å²) in [5, 5.41) is 10.2. The third-order valence-corrected chi connectivity index (χ3v) is 3.39. The van der Waals surface area contributed by atoms with E-state index >= 15 is 0 Å². The Morgan fingerprint density at radius 2 is 1.26 bits per heavy atom. The van der Waals surface area contributed by atoms with Gasteiger partial charge in [-0.1, -0.05) is 64.0 Å². The molecule has 2 heteroatoms. The second-order valence-electron chi connectivity index (χ2n) is 5.35. The van der Waals surface area contributed by atoms with Crippen molar-refractivity contribution in [1.29, 1.82) is 0 Å². The summed E-state index contributed by atoms with van der Waals surface area (Å²) >= 11 is 0. The molecule has 0 aromatic carbocycles. The van der Waals surface area contributed by atoms with Gasteiger partial charge in [0.05, 0.1) is 0 Å². The summed E-state index contributed by atoms with van der Waals surface area (Å²) in [5.74, 6) is -0.913. The Balaban J connectivity index is 3.05. The molecule has 0 N–H and O–H groups in total. The lowest BCUT2D eigenvalue weighted by molar-refractivity contribution is -0.305. The molecule has 0 aliphatic heterocycles. The number of carboxylic acid groups (broad SMARTS) is 1. The van der Waals surface area contributed by atoms with Crippen LogP contribution in [-0.2, 0) is 4.79 Å². The maximum absolute atomic E-state index is 10.2. The number of hydrogen-bond acceptors (Lipinski definition) is 2. The number of aliphatic carboxylic acids is 1. The van der Waals surface area contributed by atoms with E-state index in [1.165, 1.54) is 57.8 Å². The van der Waals surface area contributed by atoms with Crippen LogP contribution in [0.3, 0.4) is 0 Å². The second kappa shape index (κ2) is 15.3. The van der Waals surface area contributed by atoms with Gasteiger partial charge < -0.3 is 9.90 Å². The Morgan fingerprint density at radius 3 is 1.79 bits per heavy atom. The van der Waals surface area contributed by atoms with Gasteiger partial charge in [0, 0.05) is 5.97 Å². The molecule has 0 amide bonds. The fraction of sp³-hybridized carbons (Fsp3) is 0.824. The van der Waals surface area contributed by atoms with E-state index in [9.17, 15) is 9.90 Å². The van der Waals surface area contributed by atoms with Crippen molar-refractivity contribution < 1.29 is 9.90 Å². The molecule has 0 radical (unpaired) electrons. The molecule has 0 aromatic rings. The highest BCUT2D eigenvalue weighted by Gasteiger charge is 1.91. The molecule has 0 bridgehead atoms. The van der Waals surface area contributed by atoms with Crippen LogP contribution in [0.2, 0.25) is 0 Å². The van der Waals surface area contributed by atoms with Crippen molar-refractivity contribution in [3.8, 4) is 0 Å². The van der Waals surface area contributed by atoms with Gasteiger partial charge in [0.15, 0.2) is 0 Å². The van der Waals surface area contributed by atoms with Crippen molar-refractivity contribution >= 4 is 5.97 Å². The smallest absolute Gasteiger partial charge is 0.0414 e. The van der Waals surface area contributed by atoms with Crippen LogP contribution in [-0.4, -0.2) is 5.97 Å². The first-order valence-corrected chi connectivity index (χ1v) is 8.12. The van der Waals surface area contributed by atoms with Gasteiger partial charge >= 0.3 is 0 Å². The Kier molecular flexibility index (Phi) is 14.6. The Morgan fingerprint density at radius 1 is 0.789 bits per heavy atom. The van der Waals surface area contributed by atoms with Crippen molar-refractivity contribution in [2.75, 3.05) is 0 Å². The van der Waals surface area contributed by atoms with Crippen LogP contribution in [0.1, 0.15) is 90.4 Å². The van der Waals surface area contributed by atoms with Crippen LogP contribution >= 0.6 is 0 Å². The number of carbonyl (C=O) groups excluding carboxylic acids is 1. The fourth-order valence-corrected chi connectivity index (χ4v) is 2.16. The normalized spacial score (nSPS) is 11.2. The van der Waals surface area contributed by atoms with E-state index in [4.69, 9.17) is 0 Å². The number of allylic oxidation sites excluding steroid dienone is 2. The zero-order valence-electron chi connectivity index (χ0n) is 12.7. The van der Waals surface area contributed by atoms with Crippen molar-refractivity contribution in [3.05, 3.63) is 12.2 Å². The standard InChI is InChI=1S/C17H32O2/c1-2-3-4-5-6-7-8-9-10-11-12-13-14-15-16-17(18)19/h7-8H,2-6,9-16H2,1H3,(H,18,19)/p-1. The van der Waals surface area contributed by atoms with E-state index in [1.807, 2.05) is 0 Å². The molecular formula is C17H31O2-. The average molecular weight is 267 g/mol. The largest absolute Gasteiger partial charge is 0.550 e. The molecule has 0 atom stereocenters. The highest BCUT2D eigenvalue weighted by molar-refractivity contribution is 5.63. The predicted molar refractivity (Wildman–Crippen MR) is 79.8 cm³/mol. The van der Waals surface area contributed by atoms with Crippen molar-refractivity contribution in [2.24, 2.45) is 0 Å². The van der Waals surface area contributed by atoms with E-state index in [0.717, 1.165) is 19.3 Å². The fourth-order valence-electron chi connectivity index (χ4n) is 2.16. The number of carboxylic acids is 1. The SMILES string of the molecule is CCCCCCC=CCCCCCCCCC(=O)[O-]. The quantitative estimate of drug-likeness (QED) is 0.346. The number of unbranched alkanes of at least 4 members (excludes halogenated alkanes) is 10. The topological polar surface area (TPSA) is 40.1 Å². The molecule has 0 heterocycles. The van der Waals surface area contributed by atoms with E-state index < -0.39 is 5.97 Å². The van der Waals surface area contributed by atoms with Gasteiger partial charge in [0.25, 0.3) is 0 Å². The number of carbonyl (C=O) groups is 1. The van der Waals surface area contributed by atoms with E-state index in [1.54, 1.807) is 0 Å². The van der Waals surface area contributed by atoms with E-state index in [-0.39, 0.29) is 6.42 Å². The Labute approximate surface area is 119 Å². The first kappa shape index (κ1) is 18.2. The first-order chi connectivity index (χ1) is 9.27. The van der Waals surface area contributed by atoms with Crippen LogP contribution in [0, 0.1) is 0 Å². The minimum absolute atomic E-state index is 0.223. The third kappa shape index (κ3) is 17.2. The molecule has 0 fully saturated rings. The summed E-state index contributed by atoms with van der Waals surface area (Å²) in [6.45, 7) is 2.24. The molecule has 0 aliphatic rings. The van der Waals surface area contributed by atoms with Gasteiger partial charge in [-0.2, -0.15) is 0 Å². The number of hydrogen-bond donors (Lipinski definition) is 0. The first-order valence-electron chi connectivity index (χ1n) is 8.12. The van der Waals surface area contributed by atoms with E-state index in [2.05, 4.69) is 19.1 Å². The molecule has 0 rings (SSSR count). The molecule has 0 unspecified atom stereocenters. The zero-order valence-corrected chi connectivity index (χ0v) is 12.7. The van der Waals surface area contributed by atoms with Gasteiger partial charge in [0.1, 0.15) is 0 Å². The van der Waals surface area contributed by atoms with E-state index in [0.29, 0.717) is 0 Å². The van der Waals surface area contributed by atoms with Crippen LogP contribution in [0.5, 0.6) is 0 Å². The molecule has 0 saturated carbocycles. The van der Waals surface area contributed by atoms with Gasteiger partial charge in [-0.3, -0.25) is 0 Å². The van der Waals surface area contributed by atoms with Crippen LogP contribution in [0.4, 0.5) is 0 Å². The molecule has 19 heavy (non-hydrogen) atoms. The lowest BCUT2D eigenvalue weighted by Crippen LogP contribution is -2.21. The van der Waals surface area contributed by atoms with Crippen molar-refractivity contribution in [3.63, 3.8) is 0 Å². The summed E-state index contributed by atoms with van der Waals surface area (Å²) in [6, 6.07) is 0. The Hall–Kier alpha value is -0.790. The van der Waals surface area contributed by atoms with Crippen molar-refractivity contribution in [2.45, 2.75) is 90.4 Å². The lowest BCUT2D eigenvalue weighted by Gasteiger charge is -2.02. The summed E-state index contributed by atoms with van der Waals surface area (Å²) < 4.78 is 0. The summed E-state index contributed by atoms with van der Waals surface area (Å²) in [6.07, 6.45) is 19.4. The minimum Gasteiger partial charge on any atom is -0.550 e. The molecular weight excluding hydrogens is 236 g/mol. The highest BCUT2D eigenvalue weighted by atomic mass is 16.4. The van der Waals surface area contributed by atoms with Crippen molar-refractivity contribution in [1.82, 2.24) is 0 Å². The monoisotopic (exact) mass is 267 g/mol. The molecule has 2 nitrogen and oxygen atoms in total. The minimum atomic E-state index is -0.913. The predicted octanol–water partition coefficient (Wildman–Crippen LogP) is 4.38. The van der Waals surface area contributed by atoms with Gasteiger partial charge in [-0.05, 0) is 38.5 Å². The van der Waals surface area contributed by atoms with Crippen LogP contribution < -0.4 is 5.11 Å². The number of rotatable bonds is 14. The summed E-state index contributed by atoms with van der Waals surface area (Å²) in [7, 11) is 0. The lowest BCUT2D eigenvalue weighted by atomic mass is 10.1. The molecule has 0 aromatic heterocycles. The summed E-state index contributed by atoms with van der Waals surface area (Å²) in [4.78, 5) is 10.2. The molecule has 0 spiro atoms. The second-order valence-corrected chi connectivity index (χ2v) is 5.35. The van der Waals surface area contributed by atoms with Gasteiger partial charge in [-0.25, -0.2) is 0 Å². The highest BCUT2D eigenvalue weighted by Crippen LogP contribution is 2.09. The maximum atomic E-state index is 10.2. The van der Waals surface area contributed by atoms with Crippen LogP contribution in [0.15, 0.2) is 12.2 Å². The average Bonchev–Trinajstić information content (AvgIpc) is 2.39. The van der Waals surface area contributed by atoms with Gasteiger partial charge in [0.2, 0.25) is 0 Å². The Bertz CT molecular complexity index is 221. The molecule has 112 valence electrons. The zero-order chi connectivity index (χ0) is 14.2. The van der Waals surface area contributed by atoms with Crippen LogP contribution in [0.25, 0.3) is 0 Å². The third-order valence-electron chi connectivity index (χ3n) is 3.39. The van der Waals surface area contributed by atoms with Gasteiger partial charge in [-0.15, -0.1) is 0 Å².